The molecule has 0 radical (unpaired) electrons. The van der Waals surface area contributed by atoms with Crippen molar-refractivity contribution in [3.8, 4) is 46.0 Å². The number of hydrogen-bond donors (Lipinski definition) is 1. The van der Waals surface area contributed by atoms with Gasteiger partial charge in [-0.25, -0.2) is 9.59 Å². The predicted octanol–water partition coefficient (Wildman–Crippen LogP) is 24.7. The van der Waals surface area contributed by atoms with Crippen LogP contribution in [-0.2, 0) is 9.53 Å². The molecule has 682 valence electrons. The number of carbonyl (C=O) groups excluding carboxylic acids is 3. The molecule has 0 saturated carbocycles. The number of ketones is 1. The minimum atomic E-state index is -0.929. The van der Waals surface area contributed by atoms with Gasteiger partial charge in [0.25, 0.3) is 5.91 Å². The highest BCUT2D eigenvalue weighted by atomic mass is 79.9. The van der Waals surface area contributed by atoms with Crippen LogP contribution in [0.5, 0.6) is 46.0 Å². The summed E-state index contributed by atoms with van der Waals surface area (Å²) in [5.41, 5.74) is 23.4. The zero-order chi connectivity index (χ0) is 91.7. The van der Waals surface area contributed by atoms with Crippen molar-refractivity contribution in [2.45, 2.75) is 203 Å². The average molecular weight is 1910 g/mol. The second kappa shape index (κ2) is 37.9. The Morgan fingerprint density at radius 3 is 1.02 bits per heavy atom. The Morgan fingerprint density at radius 2 is 0.639 bits per heavy atom. The van der Waals surface area contributed by atoms with Crippen LogP contribution in [0.2, 0.25) is 0 Å². The number of Topliss-reactive ketones (excluding diaryl/α,β-unsaturated/α-hetero) is 1. The van der Waals surface area contributed by atoms with E-state index in [1.54, 1.807) is 47.5 Å². The quantitative estimate of drug-likeness (QED) is 0.127. The van der Waals surface area contributed by atoms with Crippen LogP contribution in [0.25, 0.3) is 44.2 Å². The van der Waals surface area contributed by atoms with E-state index in [1.807, 2.05) is 116 Å². The fraction of sp³-hybridized carbons (Fsp3) is 0.354. The third kappa shape index (κ3) is 17.5. The fourth-order valence-corrected chi connectivity index (χ4v) is 24.5. The molecule has 25 rings (SSSR count). The molecule has 10 saturated heterocycles. The van der Waals surface area contributed by atoms with Crippen molar-refractivity contribution in [2.24, 2.45) is 0 Å². The molecule has 10 bridgehead atoms. The Balaban J connectivity index is 0.000000102. The van der Waals surface area contributed by atoms with Crippen LogP contribution in [0.4, 0.5) is 0 Å². The van der Waals surface area contributed by atoms with Gasteiger partial charge in [-0.05, 0) is 314 Å². The second-order valence-electron chi connectivity index (χ2n) is 38.3. The number of hydrogen-bond acceptors (Lipinski definition) is 16. The fourth-order valence-electron chi connectivity index (χ4n) is 23.8. The maximum atomic E-state index is 12.9. The van der Waals surface area contributed by atoms with Gasteiger partial charge in [-0.3, -0.25) is 38.9 Å². The summed E-state index contributed by atoms with van der Waals surface area (Å²) in [5, 5.41) is 10.6. The highest BCUT2D eigenvalue weighted by molar-refractivity contribution is 9.10. The number of carboxylic acid groups (broad SMARTS) is 1. The van der Waals surface area contributed by atoms with Crippen LogP contribution in [0.3, 0.4) is 0 Å². The van der Waals surface area contributed by atoms with Gasteiger partial charge < -0.3 is 38.1 Å². The van der Waals surface area contributed by atoms with Crippen molar-refractivity contribution in [3.05, 3.63) is 315 Å². The molecule has 1 amide bonds. The largest absolute Gasteiger partial charge is 0.478 e. The monoisotopic (exact) mass is 1900 g/mol. The maximum absolute atomic E-state index is 12.9. The molecule has 10 fully saturated rings. The lowest BCUT2D eigenvalue weighted by atomic mass is 9.84. The van der Waals surface area contributed by atoms with Crippen LogP contribution < -0.4 is 24.4 Å². The van der Waals surface area contributed by atoms with E-state index in [0.29, 0.717) is 118 Å². The van der Waals surface area contributed by atoms with E-state index >= 15 is 0 Å². The van der Waals surface area contributed by atoms with E-state index in [2.05, 4.69) is 170 Å². The number of benzene rings is 10. The third-order valence-corrected chi connectivity index (χ3v) is 32.1. The van der Waals surface area contributed by atoms with Crippen molar-refractivity contribution < 1.29 is 52.4 Å². The van der Waals surface area contributed by atoms with Gasteiger partial charge in [-0.2, -0.15) is 0 Å². The van der Waals surface area contributed by atoms with Gasteiger partial charge >= 0.3 is 11.9 Å². The SMILES string of the molecule is CCN(CC)C(=O)c1ccc2c(c1)Oc1ccccc1C2=C1CC2CCC(C1)N2C.CN1C2CCC1CC(=C1c3ccccc3Oc3cc(Br)ccc31)C2.CN1C2CCC1CC(=C1c3ccccc3Oc3cc(C(=O)O)ccc31)C2.CN1C2CCC1CC(=O)C2.COC(=O)c1ccc2c(c1)Oc1ccccc1C2=C1CC2CCC(C1)N2C.O=c1c2ccccc2oc2cc(Br)ccc12. The molecule has 133 heavy (non-hydrogen) atoms. The summed E-state index contributed by atoms with van der Waals surface area (Å²) in [4.78, 5) is 73.9. The molecule has 10 atom stereocenters. The van der Waals surface area contributed by atoms with Crippen LogP contribution in [0, 0.1) is 0 Å². The van der Waals surface area contributed by atoms with Gasteiger partial charge in [0.2, 0.25) is 5.43 Å². The number of aromatic carboxylic acids is 1. The molecular formula is C113H114Br2N6O12. The van der Waals surface area contributed by atoms with Crippen LogP contribution in [0.1, 0.15) is 218 Å². The van der Waals surface area contributed by atoms with E-state index in [4.69, 9.17) is 28.1 Å². The first-order valence-corrected chi connectivity index (χ1v) is 49.2. The smallest absolute Gasteiger partial charge is 0.337 e. The second-order valence-corrected chi connectivity index (χ2v) is 40.1. The number of ether oxygens (including phenoxy) is 5. The van der Waals surface area contributed by atoms with Crippen LogP contribution in [0.15, 0.2) is 253 Å². The maximum Gasteiger partial charge on any atom is 0.337 e. The number of esters is 1. The van der Waals surface area contributed by atoms with Crippen molar-refractivity contribution in [1.29, 1.82) is 0 Å². The molecule has 20 heteroatoms. The lowest BCUT2D eigenvalue weighted by Gasteiger charge is -2.35. The van der Waals surface area contributed by atoms with Crippen molar-refractivity contribution in [3.63, 3.8) is 0 Å². The Labute approximate surface area is 795 Å². The van der Waals surface area contributed by atoms with Crippen molar-refractivity contribution in [2.75, 3.05) is 55.4 Å². The molecule has 10 unspecified atom stereocenters. The van der Waals surface area contributed by atoms with E-state index < -0.39 is 5.97 Å². The van der Waals surface area contributed by atoms with E-state index in [1.165, 1.54) is 134 Å². The number of carbonyl (C=O) groups is 4. The molecule has 10 aromatic carbocycles. The average Bonchev–Trinajstić information content (AvgIpc) is 1.47. The number of methoxy groups -OCH3 is 1. The molecular weight excluding hydrogens is 1790 g/mol. The van der Waals surface area contributed by atoms with Crippen LogP contribution >= 0.6 is 31.9 Å². The zero-order valence-electron chi connectivity index (χ0n) is 76.9. The van der Waals surface area contributed by atoms with Gasteiger partial charge in [0.1, 0.15) is 62.9 Å². The first-order chi connectivity index (χ1) is 64.6. The van der Waals surface area contributed by atoms with Gasteiger partial charge in [0.15, 0.2) is 0 Å². The molecule has 11 aromatic rings. The van der Waals surface area contributed by atoms with Gasteiger partial charge in [0.05, 0.1) is 29.0 Å². The first kappa shape index (κ1) is 89.5. The molecule has 14 aliphatic rings. The normalized spacial score (nSPS) is 23.5. The molecule has 1 N–H and O–H groups in total. The molecule has 0 spiro atoms. The number of rotatable bonds is 5. The topological polar surface area (TPSA) is 184 Å². The Hall–Kier alpha value is -11.3. The first-order valence-electron chi connectivity index (χ1n) is 47.6. The molecule has 18 nitrogen and oxygen atoms in total. The summed E-state index contributed by atoms with van der Waals surface area (Å²) in [5.74, 6) is 6.00. The molecule has 1 aromatic heterocycles. The lowest BCUT2D eigenvalue weighted by Crippen LogP contribution is -2.39. The predicted molar refractivity (Wildman–Crippen MR) is 531 cm³/mol. The molecule has 15 heterocycles. The summed E-state index contributed by atoms with van der Waals surface area (Å²) in [6, 6.07) is 75.6. The number of halogens is 2. The highest BCUT2D eigenvalue weighted by Crippen LogP contribution is 2.56. The number of fused-ring (bicyclic) bond motifs is 20. The lowest BCUT2D eigenvalue weighted by molar-refractivity contribution is -0.123. The number of amides is 1. The number of nitrogens with zero attached hydrogens (tertiary/aromatic N) is 6. The summed E-state index contributed by atoms with van der Waals surface area (Å²) >= 11 is 6.94. The summed E-state index contributed by atoms with van der Waals surface area (Å²) < 4.78 is 37.3. The van der Waals surface area contributed by atoms with E-state index in [-0.39, 0.29) is 22.9 Å². The number of para-hydroxylation sites is 5. The summed E-state index contributed by atoms with van der Waals surface area (Å²) in [7, 11) is 12.6. The van der Waals surface area contributed by atoms with E-state index in [0.717, 1.165) is 128 Å². The number of piperidine rings is 5. The zero-order valence-corrected chi connectivity index (χ0v) is 80.1. The van der Waals surface area contributed by atoms with Gasteiger partial charge in [0, 0.05) is 145 Å². The van der Waals surface area contributed by atoms with Gasteiger partial charge in [-0.15, -0.1) is 0 Å². The minimum Gasteiger partial charge on any atom is -0.478 e. The van der Waals surface area contributed by atoms with Crippen molar-refractivity contribution >= 4 is 99.7 Å². The third-order valence-electron chi connectivity index (χ3n) is 31.1. The number of carboxylic acids is 1. The summed E-state index contributed by atoms with van der Waals surface area (Å²) in [6.45, 7) is 5.45. The Morgan fingerprint density at radius 1 is 0.346 bits per heavy atom. The summed E-state index contributed by atoms with van der Waals surface area (Å²) in [6.07, 6.45) is 23.4. The molecule has 0 aliphatic carbocycles. The van der Waals surface area contributed by atoms with E-state index in [9.17, 15) is 29.1 Å². The Bertz CT molecular complexity index is 6580. The standard InChI is InChI=1S/C26H30N2O2.C23H23NO3.C22H21NO3.C21H20BrNO.C13H7BrO2.C8H13NO/c1-4-28(5-2)26(29)17-10-13-22-24(16-17)30-23-9-7-6-8-21(23)25(22)18-14-19-11-12-20(15-18)27(19)3;1-24-16-8-9-17(24)12-15(11-16)22-18-5-3-4-6-20(18)27-21-13-14(23(25)26-2)7-10-19(21)22;1-23-15-7-8-16(23)11-14(10-15)21-17-4-2-3-5-19(17)26-20-12-13(22(24)25)6-9-18(20)21;1-23-15-7-8-16(23)11-13(10-15)21-17-4-2-3-5-19(17)24-20-12-14(22)6-9-18(20)21;14-8-5-6-10-12(7-8)16-11-4-2-1-3-9(11)13(10)15;1-9-6-2-3-7(9)5-8(10)4-6/h6-10,13,16,19-20H,4-5,11-12,14-15H2,1-3H3;3-7,10,13,16-17H,8-9,11-12H2,1-2H3;2-6,9,12,15-16H,7-8,10-11H2,1H3,(H,24,25);2-6,9,12,15-16H,7-8,10-11H2,1H3;1-7H;6-7H,2-5H2,1H3. The van der Waals surface area contributed by atoms with Crippen LogP contribution in [-0.4, -0.2) is 174 Å². The van der Waals surface area contributed by atoms with Gasteiger partial charge in [-0.1, -0.05) is 139 Å². The molecule has 14 aliphatic heterocycles. The van der Waals surface area contributed by atoms with Crippen molar-refractivity contribution in [1.82, 2.24) is 29.4 Å². The highest BCUT2D eigenvalue weighted by Gasteiger charge is 2.45. The Kier molecular flexibility index (Phi) is 25.5. The minimum absolute atomic E-state index is 0.0179.